The molecule has 3 aromatic carbocycles. The highest BCUT2D eigenvalue weighted by atomic mass is 79.9. The zero-order chi connectivity index (χ0) is 24.4. The van der Waals surface area contributed by atoms with E-state index in [2.05, 4.69) is 21.2 Å². The number of para-hydroxylation sites is 1. The number of hydrogen-bond acceptors (Lipinski definition) is 5. The molecule has 1 atom stereocenters. The summed E-state index contributed by atoms with van der Waals surface area (Å²) in [5.41, 5.74) is 2.54. The van der Waals surface area contributed by atoms with Crippen molar-refractivity contribution >= 4 is 51.3 Å². The van der Waals surface area contributed by atoms with Crippen molar-refractivity contribution < 1.29 is 19.1 Å². The maximum absolute atomic E-state index is 13.4. The highest BCUT2D eigenvalue weighted by Crippen LogP contribution is 2.42. The Morgan fingerprint density at radius 3 is 2.71 bits per heavy atom. The average Bonchev–Trinajstić information content (AvgIpc) is 2.86. The smallest absolute Gasteiger partial charge is 0.265 e. The van der Waals surface area contributed by atoms with E-state index in [1.807, 2.05) is 79.7 Å². The number of hydrogen-bond donors (Lipinski definition) is 1. The van der Waals surface area contributed by atoms with Crippen LogP contribution in [0.1, 0.15) is 24.1 Å². The van der Waals surface area contributed by atoms with Crippen molar-refractivity contribution in [3.05, 3.63) is 87.2 Å². The van der Waals surface area contributed by atoms with Crippen LogP contribution in [-0.2, 0) is 9.59 Å². The van der Waals surface area contributed by atoms with E-state index in [0.717, 1.165) is 26.2 Å². The van der Waals surface area contributed by atoms with Gasteiger partial charge in [-0.15, -0.1) is 0 Å². The number of carbonyl (C=O) groups is 2. The molecule has 8 heteroatoms. The third-order valence-corrected chi connectivity index (χ3v) is 7.29. The number of benzene rings is 3. The molecule has 2 aliphatic heterocycles. The fraction of sp³-hybridized carbons (Fsp3) is 0.185. The number of ether oxygens (including phenoxy) is 2. The van der Waals surface area contributed by atoms with E-state index in [1.54, 1.807) is 4.90 Å². The van der Waals surface area contributed by atoms with Crippen molar-refractivity contribution in [3.63, 3.8) is 0 Å². The number of halogens is 1. The monoisotopic (exact) mass is 550 g/mol. The molecule has 6 nitrogen and oxygen atoms in total. The van der Waals surface area contributed by atoms with Gasteiger partial charge in [0, 0.05) is 9.37 Å². The molecule has 1 N–H and O–H groups in total. The zero-order valence-corrected chi connectivity index (χ0v) is 21.4. The van der Waals surface area contributed by atoms with Crippen molar-refractivity contribution in [1.29, 1.82) is 0 Å². The van der Waals surface area contributed by atoms with Crippen LogP contribution in [-0.4, -0.2) is 31.6 Å². The van der Waals surface area contributed by atoms with Gasteiger partial charge in [-0.3, -0.25) is 14.5 Å². The highest BCUT2D eigenvalue weighted by molar-refractivity contribution is 9.10. The van der Waals surface area contributed by atoms with Gasteiger partial charge in [0.2, 0.25) is 5.91 Å². The number of fused-ring (bicyclic) bond motifs is 2. The van der Waals surface area contributed by atoms with E-state index >= 15 is 0 Å². The summed E-state index contributed by atoms with van der Waals surface area (Å²) in [6, 6.07) is 20.8. The van der Waals surface area contributed by atoms with Gasteiger partial charge in [0.15, 0.2) is 11.5 Å². The van der Waals surface area contributed by atoms with E-state index < -0.39 is 0 Å². The minimum atomic E-state index is -0.264. The number of anilines is 1. The molecule has 0 aliphatic carbocycles. The molecule has 35 heavy (non-hydrogen) atoms. The zero-order valence-electron chi connectivity index (χ0n) is 19.0. The fourth-order valence-electron chi connectivity index (χ4n) is 4.01. The molecular weight excluding hydrogens is 528 g/mol. The van der Waals surface area contributed by atoms with Crippen LogP contribution >= 0.6 is 27.7 Å². The Morgan fingerprint density at radius 1 is 1.09 bits per heavy atom. The second-order valence-corrected chi connectivity index (χ2v) is 10.2. The number of thioether (sulfide) groups is 1. The van der Waals surface area contributed by atoms with E-state index in [-0.39, 0.29) is 24.4 Å². The summed E-state index contributed by atoms with van der Waals surface area (Å²) in [4.78, 5) is 29.5. The minimum absolute atomic E-state index is 0.0822. The molecular formula is C27H23BrN2O4S. The maximum Gasteiger partial charge on any atom is 0.265 e. The van der Waals surface area contributed by atoms with E-state index in [1.165, 1.54) is 11.8 Å². The van der Waals surface area contributed by atoms with Crippen molar-refractivity contribution in [2.45, 2.75) is 17.9 Å². The molecule has 2 amide bonds. The molecule has 0 saturated heterocycles. The average molecular weight is 551 g/mol. The van der Waals surface area contributed by atoms with E-state index in [9.17, 15) is 9.59 Å². The summed E-state index contributed by atoms with van der Waals surface area (Å²) >= 11 is 4.89. The minimum Gasteiger partial charge on any atom is -0.486 e. The van der Waals surface area contributed by atoms with Crippen LogP contribution in [0.3, 0.4) is 0 Å². The molecule has 0 spiro atoms. The van der Waals surface area contributed by atoms with E-state index in [0.29, 0.717) is 29.6 Å². The topological polar surface area (TPSA) is 67.9 Å². The van der Waals surface area contributed by atoms with Crippen LogP contribution in [0.5, 0.6) is 11.5 Å². The lowest BCUT2D eigenvalue weighted by Gasteiger charge is -2.30. The number of carbonyl (C=O) groups excluding carboxylic acids is 2. The molecule has 178 valence electrons. The summed E-state index contributed by atoms with van der Waals surface area (Å²) in [5.74, 6) is 0.936. The van der Waals surface area contributed by atoms with Gasteiger partial charge in [-0.05, 0) is 60.5 Å². The highest BCUT2D eigenvalue weighted by Gasteiger charge is 2.30. The lowest BCUT2D eigenvalue weighted by Crippen LogP contribution is -2.43. The second kappa shape index (κ2) is 10.2. The van der Waals surface area contributed by atoms with Gasteiger partial charge in [-0.2, -0.15) is 0 Å². The predicted octanol–water partition coefficient (Wildman–Crippen LogP) is 5.58. The first kappa shape index (κ1) is 23.5. The van der Waals surface area contributed by atoms with Gasteiger partial charge in [-0.25, -0.2) is 0 Å². The molecule has 5 rings (SSSR count). The van der Waals surface area contributed by atoms with Gasteiger partial charge in [0.25, 0.3) is 5.91 Å². The van der Waals surface area contributed by atoms with Crippen molar-refractivity contribution in [3.8, 4) is 11.5 Å². The predicted molar refractivity (Wildman–Crippen MR) is 141 cm³/mol. The largest absolute Gasteiger partial charge is 0.486 e. The fourth-order valence-corrected chi connectivity index (χ4v) is 5.49. The second-order valence-electron chi connectivity index (χ2n) is 8.22. The Kier molecular flexibility index (Phi) is 6.83. The molecule has 0 aromatic heterocycles. The van der Waals surface area contributed by atoms with Crippen LogP contribution < -0.4 is 19.7 Å². The Bertz CT molecular complexity index is 1330. The van der Waals surface area contributed by atoms with Crippen molar-refractivity contribution in [2.24, 2.45) is 0 Å². The Balaban J connectivity index is 1.35. The number of amides is 2. The number of rotatable bonds is 5. The molecule has 0 bridgehead atoms. The Morgan fingerprint density at radius 2 is 1.89 bits per heavy atom. The molecule has 0 saturated carbocycles. The summed E-state index contributed by atoms with van der Waals surface area (Å²) in [5, 5.41) is 3.01. The molecule has 2 aliphatic rings. The standard InChI is InChI=1S/C27H23BrN2O4S/c1-17(19-9-10-22-23(15-19)34-12-11-33-22)29-26(31)16-30-21-7-2-3-8-24(21)35-25(27(30)32)14-18-5-4-6-20(28)13-18/h2-10,13-15,17H,11-12,16H2,1H3,(H,29,31)/b25-14+. The summed E-state index contributed by atoms with van der Waals surface area (Å²) in [6.07, 6.45) is 1.86. The maximum atomic E-state index is 13.4. The van der Waals surface area contributed by atoms with Gasteiger partial charge < -0.3 is 14.8 Å². The van der Waals surface area contributed by atoms with Gasteiger partial charge >= 0.3 is 0 Å². The van der Waals surface area contributed by atoms with Crippen LogP contribution in [0.4, 0.5) is 5.69 Å². The first-order valence-corrected chi connectivity index (χ1v) is 12.8. The summed E-state index contributed by atoms with van der Waals surface area (Å²) in [6.45, 7) is 2.85. The van der Waals surface area contributed by atoms with Crippen LogP contribution in [0, 0.1) is 0 Å². The Labute approximate surface area is 216 Å². The van der Waals surface area contributed by atoms with Crippen LogP contribution in [0.25, 0.3) is 6.08 Å². The van der Waals surface area contributed by atoms with Gasteiger partial charge in [0.05, 0.1) is 16.6 Å². The first-order valence-electron chi connectivity index (χ1n) is 11.2. The molecule has 3 aromatic rings. The van der Waals surface area contributed by atoms with Gasteiger partial charge in [0.1, 0.15) is 19.8 Å². The lowest BCUT2D eigenvalue weighted by atomic mass is 10.1. The third-order valence-electron chi connectivity index (χ3n) is 5.72. The Hall–Kier alpha value is -3.23. The van der Waals surface area contributed by atoms with Crippen molar-refractivity contribution in [2.75, 3.05) is 24.7 Å². The van der Waals surface area contributed by atoms with E-state index in [4.69, 9.17) is 9.47 Å². The van der Waals surface area contributed by atoms with Crippen LogP contribution in [0.2, 0.25) is 0 Å². The van der Waals surface area contributed by atoms with Crippen LogP contribution in [0.15, 0.2) is 81.0 Å². The summed E-state index contributed by atoms with van der Waals surface area (Å²) in [7, 11) is 0. The molecule has 1 unspecified atom stereocenters. The molecule has 0 fully saturated rings. The summed E-state index contributed by atoms with van der Waals surface area (Å²) < 4.78 is 12.2. The SMILES string of the molecule is CC(NC(=O)CN1C(=O)/C(=C\c2cccc(Br)c2)Sc2ccccc21)c1ccc2c(c1)OCCO2. The molecule has 2 heterocycles. The third kappa shape index (κ3) is 5.23. The number of nitrogens with one attached hydrogen (secondary N) is 1. The first-order chi connectivity index (χ1) is 17.0. The molecule has 0 radical (unpaired) electrons. The number of nitrogens with zero attached hydrogens (tertiary/aromatic N) is 1. The normalized spacial score (nSPS) is 16.6. The lowest BCUT2D eigenvalue weighted by molar-refractivity contribution is -0.122. The quantitative estimate of drug-likeness (QED) is 0.420. The van der Waals surface area contributed by atoms with Gasteiger partial charge in [-0.1, -0.05) is 58.0 Å². The van der Waals surface area contributed by atoms with Crippen molar-refractivity contribution in [1.82, 2.24) is 5.32 Å².